The van der Waals surface area contributed by atoms with Crippen molar-refractivity contribution >= 4 is 15.9 Å². The first kappa shape index (κ1) is 14.1. The summed E-state index contributed by atoms with van der Waals surface area (Å²) in [5.41, 5.74) is 2.15. The number of rotatable bonds is 6. The molecular weight excluding hydrogens is 308 g/mol. The Morgan fingerprint density at radius 2 is 2.05 bits per heavy atom. The molecule has 0 spiro atoms. The van der Waals surface area contributed by atoms with Crippen LogP contribution in [0.3, 0.4) is 0 Å². The Bertz CT molecular complexity index is 547. The van der Waals surface area contributed by atoms with Crippen LogP contribution in [0, 0.1) is 0 Å². The maximum Gasteiger partial charge on any atom is 0.157 e. The standard InChI is InChI=1S/C13H19BrN4O/c1-4-11-13(14)12(18(6-3)16-11)9-19-10-7-15-17(5-2)8-10/h7-8H,4-6,9H2,1-3H3. The first-order valence-electron chi connectivity index (χ1n) is 6.58. The van der Waals surface area contributed by atoms with E-state index in [1.807, 2.05) is 22.5 Å². The van der Waals surface area contributed by atoms with E-state index in [0.717, 1.165) is 41.1 Å². The van der Waals surface area contributed by atoms with Gasteiger partial charge in [0, 0.05) is 13.1 Å². The molecule has 0 aliphatic rings. The van der Waals surface area contributed by atoms with Gasteiger partial charge < -0.3 is 4.74 Å². The van der Waals surface area contributed by atoms with E-state index < -0.39 is 0 Å². The fourth-order valence-electron chi connectivity index (χ4n) is 1.90. The first-order chi connectivity index (χ1) is 9.19. The number of aryl methyl sites for hydroxylation is 3. The number of aromatic nitrogens is 4. The third-order valence-electron chi connectivity index (χ3n) is 3.00. The monoisotopic (exact) mass is 326 g/mol. The molecule has 0 aliphatic carbocycles. The van der Waals surface area contributed by atoms with Crippen molar-refractivity contribution in [3.05, 3.63) is 28.3 Å². The van der Waals surface area contributed by atoms with E-state index in [-0.39, 0.29) is 0 Å². The molecule has 0 fully saturated rings. The Hall–Kier alpha value is -1.30. The van der Waals surface area contributed by atoms with Crippen molar-refractivity contribution < 1.29 is 4.74 Å². The second-order valence-corrected chi connectivity index (χ2v) is 4.99. The van der Waals surface area contributed by atoms with Crippen molar-refractivity contribution in [1.82, 2.24) is 19.6 Å². The van der Waals surface area contributed by atoms with Gasteiger partial charge in [0.2, 0.25) is 0 Å². The summed E-state index contributed by atoms with van der Waals surface area (Å²) in [7, 11) is 0. The molecule has 0 N–H and O–H groups in total. The van der Waals surface area contributed by atoms with Gasteiger partial charge in [-0.2, -0.15) is 10.2 Å². The Morgan fingerprint density at radius 1 is 1.26 bits per heavy atom. The maximum absolute atomic E-state index is 5.78. The largest absolute Gasteiger partial charge is 0.484 e. The Labute approximate surface area is 121 Å². The number of hydrogen-bond acceptors (Lipinski definition) is 3. The number of ether oxygens (including phenoxy) is 1. The van der Waals surface area contributed by atoms with Gasteiger partial charge in [-0.3, -0.25) is 9.36 Å². The van der Waals surface area contributed by atoms with Crippen LogP contribution in [0.15, 0.2) is 16.9 Å². The molecule has 5 nitrogen and oxygen atoms in total. The molecule has 2 aromatic rings. The topological polar surface area (TPSA) is 44.9 Å². The van der Waals surface area contributed by atoms with Gasteiger partial charge in [0.25, 0.3) is 0 Å². The summed E-state index contributed by atoms with van der Waals surface area (Å²) in [5.74, 6) is 0.788. The summed E-state index contributed by atoms with van der Waals surface area (Å²) < 4.78 is 10.7. The molecule has 2 heterocycles. The lowest BCUT2D eigenvalue weighted by Gasteiger charge is -2.06. The Kier molecular flexibility index (Phi) is 4.63. The van der Waals surface area contributed by atoms with Crippen LogP contribution in [0.1, 0.15) is 32.2 Å². The summed E-state index contributed by atoms with van der Waals surface area (Å²) in [6.45, 7) is 8.41. The van der Waals surface area contributed by atoms with Gasteiger partial charge in [-0.25, -0.2) is 0 Å². The lowest BCUT2D eigenvalue weighted by molar-refractivity contribution is 0.291. The van der Waals surface area contributed by atoms with Crippen molar-refractivity contribution in [2.24, 2.45) is 0 Å². The summed E-state index contributed by atoms with van der Waals surface area (Å²) in [5, 5.41) is 8.74. The highest BCUT2D eigenvalue weighted by molar-refractivity contribution is 9.10. The van der Waals surface area contributed by atoms with Crippen molar-refractivity contribution in [3.63, 3.8) is 0 Å². The maximum atomic E-state index is 5.78. The predicted molar refractivity (Wildman–Crippen MR) is 77.2 cm³/mol. The lowest BCUT2D eigenvalue weighted by Crippen LogP contribution is -2.06. The van der Waals surface area contributed by atoms with Crippen molar-refractivity contribution in [2.45, 2.75) is 46.9 Å². The van der Waals surface area contributed by atoms with Gasteiger partial charge in [0.15, 0.2) is 5.75 Å². The SMILES string of the molecule is CCc1nn(CC)c(COc2cnn(CC)c2)c1Br. The van der Waals surface area contributed by atoms with Crippen molar-refractivity contribution in [3.8, 4) is 5.75 Å². The highest BCUT2D eigenvalue weighted by Gasteiger charge is 2.14. The van der Waals surface area contributed by atoms with Gasteiger partial charge in [-0.15, -0.1) is 0 Å². The van der Waals surface area contributed by atoms with Crippen LogP contribution in [-0.4, -0.2) is 19.6 Å². The summed E-state index contributed by atoms with van der Waals surface area (Å²) in [6.07, 6.45) is 4.56. The van der Waals surface area contributed by atoms with Crippen LogP contribution in [-0.2, 0) is 26.1 Å². The van der Waals surface area contributed by atoms with E-state index in [1.165, 1.54) is 0 Å². The van der Waals surface area contributed by atoms with Crippen LogP contribution < -0.4 is 4.74 Å². The van der Waals surface area contributed by atoms with E-state index in [9.17, 15) is 0 Å². The molecular formula is C13H19BrN4O. The van der Waals surface area contributed by atoms with E-state index in [0.29, 0.717) is 6.61 Å². The molecule has 19 heavy (non-hydrogen) atoms. The quantitative estimate of drug-likeness (QED) is 0.819. The fourth-order valence-corrected chi connectivity index (χ4v) is 2.58. The van der Waals surface area contributed by atoms with Gasteiger partial charge in [-0.1, -0.05) is 6.92 Å². The fraction of sp³-hybridized carbons (Fsp3) is 0.538. The Balaban J connectivity index is 2.12. The molecule has 0 aliphatic heterocycles. The van der Waals surface area contributed by atoms with Gasteiger partial charge in [-0.05, 0) is 36.2 Å². The molecule has 6 heteroatoms. The molecule has 0 saturated carbocycles. The molecule has 0 unspecified atom stereocenters. The molecule has 0 aromatic carbocycles. The molecule has 0 amide bonds. The molecule has 0 saturated heterocycles. The van der Waals surface area contributed by atoms with Crippen molar-refractivity contribution in [1.29, 1.82) is 0 Å². The zero-order valence-corrected chi connectivity index (χ0v) is 13.1. The minimum atomic E-state index is 0.497. The van der Waals surface area contributed by atoms with E-state index >= 15 is 0 Å². The minimum absolute atomic E-state index is 0.497. The minimum Gasteiger partial charge on any atom is -0.484 e. The molecule has 0 radical (unpaired) electrons. The van der Waals surface area contributed by atoms with Crippen LogP contribution >= 0.6 is 15.9 Å². The number of halogens is 1. The zero-order chi connectivity index (χ0) is 13.8. The van der Waals surface area contributed by atoms with Crippen LogP contribution in [0.4, 0.5) is 0 Å². The molecule has 2 rings (SSSR count). The molecule has 2 aromatic heterocycles. The third kappa shape index (κ3) is 3.00. The first-order valence-corrected chi connectivity index (χ1v) is 7.38. The average molecular weight is 327 g/mol. The van der Waals surface area contributed by atoms with Crippen molar-refractivity contribution in [2.75, 3.05) is 0 Å². The highest BCUT2D eigenvalue weighted by Crippen LogP contribution is 2.23. The van der Waals surface area contributed by atoms with Crippen LogP contribution in [0.25, 0.3) is 0 Å². The van der Waals surface area contributed by atoms with E-state index in [1.54, 1.807) is 6.20 Å². The second-order valence-electron chi connectivity index (χ2n) is 4.20. The summed E-state index contributed by atoms with van der Waals surface area (Å²) in [4.78, 5) is 0. The zero-order valence-electron chi connectivity index (χ0n) is 11.6. The van der Waals surface area contributed by atoms with E-state index in [2.05, 4.69) is 40.0 Å². The smallest absolute Gasteiger partial charge is 0.157 e. The predicted octanol–water partition coefficient (Wildman–Crippen LogP) is 3.02. The number of hydrogen-bond donors (Lipinski definition) is 0. The lowest BCUT2D eigenvalue weighted by atomic mass is 10.3. The number of nitrogens with zero attached hydrogens (tertiary/aromatic N) is 4. The van der Waals surface area contributed by atoms with Gasteiger partial charge >= 0.3 is 0 Å². The third-order valence-corrected chi connectivity index (χ3v) is 3.92. The van der Waals surface area contributed by atoms with Crippen LogP contribution in [0.2, 0.25) is 0 Å². The normalized spacial score (nSPS) is 10.9. The molecule has 0 atom stereocenters. The summed E-state index contributed by atoms with van der Waals surface area (Å²) >= 11 is 3.61. The van der Waals surface area contributed by atoms with Gasteiger partial charge in [0.1, 0.15) is 6.61 Å². The van der Waals surface area contributed by atoms with Crippen LogP contribution in [0.5, 0.6) is 5.75 Å². The average Bonchev–Trinajstić information content (AvgIpc) is 3.00. The Morgan fingerprint density at radius 3 is 2.63 bits per heavy atom. The molecule has 0 bridgehead atoms. The molecule has 104 valence electrons. The van der Waals surface area contributed by atoms with E-state index in [4.69, 9.17) is 4.74 Å². The summed E-state index contributed by atoms with van der Waals surface area (Å²) in [6, 6.07) is 0. The highest BCUT2D eigenvalue weighted by atomic mass is 79.9. The van der Waals surface area contributed by atoms with Gasteiger partial charge in [0.05, 0.1) is 28.3 Å². The second kappa shape index (κ2) is 6.23.